The molecule has 1 aliphatic heterocycles. The quantitative estimate of drug-likeness (QED) is 0.521. The molecule has 0 aromatic rings. The molecule has 0 atom stereocenters. The van der Waals surface area contributed by atoms with Crippen LogP contribution in [0.15, 0.2) is 0 Å². The lowest BCUT2D eigenvalue weighted by atomic mass is 9.98. The highest BCUT2D eigenvalue weighted by molar-refractivity contribution is 7.80. The van der Waals surface area contributed by atoms with Crippen LogP contribution < -0.4 is 11.1 Å². The third-order valence-corrected chi connectivity index (χ3v) is 3.07. The summed E-state index contributed by atoms with van der Waals surface area (Å²) in [5, 5.41) is 2.39. The summed E-state index contributed by atoms with van der Waals surface area (Å²) in [6.07, 6.45) is 1.73. The molecular formula is C11H19N3O3S. The molecule has 0 saturated carbocycles. The summed E-state index contributed by atoms with van der Waals surface area (Å²) in [7, 11) is 1.67. The normalized spacial score (nSPS) is 16.4. The molecule has 1 heterocycles. The predicted octanol–water partition coefficient (Wildman–Crippen LogP) is -0.726. The Labute approximate surface area is 112 Å². The number of thiocarbonyl (C=S) groups is 1. The Balaban J connectivity index is 2.35. The van der Waals surface area contributed by atoms with Crippen molar-refractivity contribution in [2.24, 2.45) is 11.7 Å². The van der Waals surface area contributed by atoms with Crippen molar-refractivity contribution in [2.75, 3.05) is 33.4 Å². The molecular weight excluding hydrogens is 254 g/mol. The van der Waals surface area contributed by atoms with Gasteiger partial charge in [0.1, 0.15) is 0 Å². The molecule has 1 rings (SSSR count). The van der Waals surface area contributed by atoms with Crippen LogP contribution in [0.3, 0.4) is 0 Å². The molecule has 2 amide bonds. The molecule has 0 radical (unpaired) electrons. The summed E-state index contributed by atoms with van der Waals surface area (Å²) >= 11 is 4.63. The molecule has 0 aromatic heterocycles. The number of nitrogens with two attached hydrogens (primary N) is 1. The number of methoxy groups -OCH3 is 1. The zero-order chi connectivity index (χ0) is 13.5. The first-order valence-corrected chi connectivity index (χ1v) is 6.29. The Morgan fingerprint density at radius 2 is 2.06 bits per heavy atom. The Kier molecular flexibility index (Phi) is 6.00. The molecule has 0 unspecified atom stereocenters. The lowest BCUT2D eigenvalue weighted by Crippen LogP contribution is -2.48. The third kappa shape index (κ3) is 4.58. The van der Waals surface area contributed by atoms with Crippen molar-refractivity contribution in [2.45, 2.75) is 12.8 Å². The number of likely N-dealkylation sites (tertiary alicyclic amines) is 1. The maximum Gasteiger partial charge on any atom is 0.311 e. The molecule has 7 heteroatoms. The number of ether oxygens (including phenoxy) is 1. The van der Waals surface area contributed by atoms with Gasteiger partial charge in [-0.1, -0.05) is 12.2 Å². The van der Waals surface area contributed by atoms with Gasteiger partial charge < -0.3 is 20.7 Å². The summed E-state index contributed by atoms with van der Waals surface area (Å²) in [4.78, 5) is 25.0. The maximum absolute atomic E-state index is 11.8. The van der Waals surface area contributed by atoms with Crippen LogP contribution in [0.2, 0.25) is 0 Å². The molecule has 0 aromatic carbocycles. The highest BCUT2D eigenvalue weighted by atomic mass is 32.1. The van der Waals surface area contributed by atoms with Crippen LogP contribution in [0, 0.1) is 5.92 Å². The van der Waals surface area contributed by atoms with Gasteiger partial charge in [0.25, 0.3) is 0 Å². The molecule has 6 nitrogen and oxygen atoms in total. The first-order chi connectivity index (χ1) is 8.54. The summed E-state index contributed by atoms with van der Waals surface area (Å²) < 4.78 is 5.08. The van der Waals surface area contributed by atoms with E-state index in [0.29, 0.717) is 25.6 Å². The van der Waals surface area contributed by atoms with Crippen LogP contribution in [0.5, 0.6) is 0 Å². The number of piperidine rings is 1. The molecule has 1 aliphatic rings. The zero-order valence-electron chi connectivity index (χ0n) is 10.5. The van der Waals surface area contributed by atoms with Gasteiger partial charge in [0, 0.05) is 26.8 Å². The monoisotopic (exact) mass is 273 g/mol. The maximum atomic E-state index is 11.8. The van der Waals surface area contributed by atoms with E-state index in [4.69, 9.17) is 10.5 Å². The van der Waals surface area contributed by atoms with E-state index in [1.807, 2.05) is 0 Å². The van der Waals surface area contributed by atoms with Gasteiger partial charge in [-0.2, -0.15) is 0 Å². The summed E-state index contributed by atoms with van der Waals surface area (Å²) in [5.41, 5.74) is 5.25. The lowest BCUT2D eigenvalue weighted by molar-refractivity contribution is -0.146. The number of rotatable bonds is 4. The van der Waals surface area contributed by atoms with E-state index < -0.39 is 11.8 Å². The van der Waals surface area contributed by atoms with E-state index in [1.165, 1.54) is 0 Å². The molecule has 102 valence electrons. The second kappa shape index (κ2) is 7.27. The number of hydrogen-bond donors (Lipinski definition) is 2. The summed E-state index contributed by atoms with van der Waals surface area (Å²) in [6.45, 7) is 1.94. The van der Waals surface area contributed by atoms with E-state index in [1.54, 1.807) is 12.0 Å². The zero-order valence-corrected chi connectivity index (χ0v) is 11.3. The molecule has 1 fully saturated rings. The number of amides is 2. The molecule has 3 N–H and O–H groups in total. The van der Waals surface area contributed by atoms with Crippen molar-refractivity contribution in [3.8, 4) is 0 Å². The topological polar surface area (TPSA) is 84.7 Å². The molecule has 1 saturated heterocycles. The highest BCUT2D eigenvalue weighted by Gasteiger charge is 2.26. The Hall–Kier alpha value is -1.21. The van der Waals surface area contributed by atoms with Gasteiger partial charge in [0.2, 0.25) is 0 Å². The predicted molar refractivity (Wildman–Crippen MR) is 71.0 cm³/mol. The van der Waals surface area contributed by atoms with Gasteiger partial charge in [0.15, 0.2) is 0 Å². The van der Waals surface area contributed by atoms with Crippen molar-refractivity contribution >= 4 is 29.0 Å². The smallest absolute Gasteiger partial charge is 0.311 e. The van der Waals surface area contributed by atoms with Gasteiger partial charge in [-0.15, -0.1) is 0 Å². The van der Waals surface area contributed by atoms with Crippen LogP contribution in [-0.4, -0.2) is 55.1 Å². The van der Waals surface area contributed by atoms with E-state index in [9.17, 15) is 9.59 Å². The van der Waals surface area contributed by atoms with Crippen molar-refractivity contribution in [1.29, 1.82) is 0 Å². The minimum Gasteiger partial charge on any atom is -0.392 e. The number of nitrogens with zero attached hydrogens (tertiary/aromatic N) is 1. The number of nitrogens with one attached hydrogen (secondary N) is 1. The fourth-order valence-corrected chi connectivity index (χ4v) is 2.00. The average molecular weight is 273 g/mol. The summed E-state index contributed by atoms with van der Waals surface area (Å²) in [5.74, 6) is -0.686. The third-order valence-electron chi connectivity index (χ3n) is 2.92. The second-order valence-electron chi connectivity index (χ2n) is 4.34. The molecule has 0 bridgehead atoms. The van der Waals surface area contributed by atoms with Gasteiger partial charge in [-0.05, 0) is 18.8 Å². The standard InChI is InChI=1S/C11H19N3O3S/c1-17-7-8-2-4-14(5-3-8)11(16)10(15)13-6-9(12)18/h8H,2-7H2,1H3,(H2,12,18)(H,13,15). The number of carbonyl (C=O) groups excluding carboxylic acids is 2. The fourth-order valence-electron chi connectivity index (χ4n) is 1.93. The van der Waals surface area contributed by atoms with E-state index >= 15 is 0 Å². The van der Waals surface area contributed by atoms with Gasteiger partial charge in [-0.3, -0.25) is 9.59 Å². The highest BCUT2D eigenvalue weighted by Crippen LogP contribution is 2.17. The fraction of sp³-hybridized carbons (Fsp3) is 0.727. The SMILES string of the molecule is COCC1CCN(C(=O)C(=O)NCC(N)=S)CC1. The van der Waals surface area contributed by atoms with Crippen molar-refractivity contribution < 1.29 is 14.3 Å². The van der Waals surface area contributed by atoms with Crippen molar-refractivity contribution in [3.63, 3.8) is 0 Å². The Morgan fingerprint density at radius 3 is 2.56 bits per heavy atom. The van der Waals surface area contributed by atoms with Crippen LogP contribution >= 0.6 is 12.2 Å². The van der Waals surface area contributed by atoms with Gasteiger partial charge in [-0.25, -0.2) is 0 Å². The average Bonchev–Trinajstić information content (AvgIpc) is 2.36. The van der Waals surface area contributed by atoms with E-state index in [-0.39, 0.29) is 11.5 Å². The van der Waals surface area contributed by atoms with Gasteiger partial charge in [0.05, 0.1) is 11.5 Å². The first kappa shape index (κ1) is 14.8. The van der Waals surface area contributed by atoms with E-state index in [0.717, 1.165) is 12.8 Å². The largest absolute Gasteiger partial charge is 0.392 e. The first-order valence-electron chi connectivity index (χ1n) is 5.89. The van der Waals surface area contributed by atoms with Gasteiger partial charge >= 0.3 is 11.8 Å². The lowest BCUT2D eigenvalue weighted by Gasteiger charge is -2.31. The van der Waals surface area contributed by atoms with Crippen LogP contribution in [0.4, 0.5) is 0 Å². The minimum absolute atomic E-state index is 0.0556. The molecule has 0 spiro atoms. The molecule has 0 aliphatic carbocycles. The van der Waals surface area contributed by atoms with E-state index in [2.05, 4.69) is 17.5 Å². The van der Waals surface area contributed by atoms with Crippen LogP contribution in [-0.2, 0) is 14.3 Å². The van der Waals surface area contributed by atoms with Crippen molar-refractivity contribution in [1.82, 2.24) is 10.2 Å². The van der Waals surface area contributed by atoms with Crippen LogP contribution in [0.1, 0.15) is 12.8 Å². The minimum atomic E-state index is -0.645. The number of carbonyl (C=O) groups is 2. The Morgan fingerprint density at radius 1 is 1.44 bits per heavy atom. The van der Waals surface area contributed by atoms with Crippen molar-refractivity contribution in [3.05, 3.63) is 0 Å². The van der Waals surface area contributed by atoms with Crippen LogP contribution in [0.25, 0.3) is 0 Å². The number of hydrogen-bond acceptors (Lipinski definition) is 4. The summed E-state index contributed by atoms with van der Waals surface area (Å²) in [6, 6.07) is 0. The Bertz CT molecular complexity index is 327. The molecule has 18 heavy (non-hydrogen) atoms. The second-order valence-corrected chi connectivity index (χ2v) is 4.86.